The second-order valence-electron chi connectivity index (χ2n) is 18.0. The van der Waals surface area contributed by atoms with E-state index < -0.39 is 126 Å². The number of carboxylic acids is 2. The third-order valence-corrected chi connectivity index (χ3v) is 10.7. The van der Waals surface area contributed by atoms with Crippen LogP contribution in [0.15, 0.2) is 48.5 Å². The Morgan fingerprint density at radius 1 is 0.612 bits per heavy atom. The molecule has 7 amide bonds. The molecule has 1 unspecified atom stereocenters. The molecule has 2 aromatic rings. The second-order valence-corrected chi connectivity index (χ2v) is 18.0. The summed E-state index contributed by atoms with van der Waals surface area (Å²) in [4.78, 5) is 131. The van der Waals surface area contributed by atoms with Crippen LogP contribution in [0.1, 0.15) is 110 Å². The van der Waals surface area contributed by atoms with Gasteiger partial charge < -0.3 is 53.0 Å². The number of unbranched alkanes of at least 4 members (excludes halogenated alkanes) is 1. The number of primary amides is 1. The van der Waals surface area contributed by atoms with Gasteiger partial charge >= 0.3 is 11.9 Å². The fourth-order valence-corrected chi connectivity index (χ4v) is 6.91. The molecule has 20 nitrogen and oxygen atoms in total. The number of hydrogen-bond acceptors (Lipinski definition) is 11. The maximum absolute atomic E-state index is 14.5. The minimum atomic E-state index is -1.60. The summed E-state index contributed by atoms with van der Waals surface area (Å²) in [5, 5.41) is 44.0. The lowest BCUT2D eigenvalue weighted by atomic mass is 9.85. The summed E-state index contributed by atoms with van der Waals surface area (Å²) in [5.74, 6) is -10.1. The number of carboxylic acid groups (broad SMARTS) is 2. The first-order chi connectivity index (χ1) is 31.3. The molecule has 67 heavy (non-hydrogen) atoms. The number of amides is 7. The second kappa shape index (κ2) is 26.9. The molecule has 20 heteroatoms. The molecular weight excluding hydrogens is 871 g/mol. The first-order valence-corrected chi connectivity index (χ1v) is 22.2. The van der Waals surface area contributed by atoms with Gasteiger partial charge in [-0.2, -0.15) is 0 Å². The molecular formula is C47H67N7O13. The summed E-state index contributed by atoms with van der Waals surface area (Å²) in [6.07, 6.45) is -1.06. The van der Waals surface area contributed by atoms with Gasteiger partial charge in [-0.1, -0.05) is 90.8 Å². The molecule has 0 heterocycles. The van der Waals surface area contributed by atoms with Crippen molar-refractivity contribution in [2.24, 2.45) is 17.1 Å². The van der Waals surface area contributed by atoms with Gasteiger partial charge in [0.25, 0.3) is 5.91 Å². The van der Waals surface area contributed by atoms with E-state index in [-0.39, 0.29) is 37.4 Å². The van der Waals surface area contributed by atoms with Crippen molar-refractivity contribution in [3.8, 4) is 5.75 Å². The van der Waals surface area contributed by atoms with Crippen LogP contribution in [0.25, 0.3) is 0 Å². The topological polar surface area (TPSA) is 330 Å². The lowest BCUT2D eigenvalue weighted by molar-refractivity contribution is -0.140. The monoisotopic (exact) mass is 937 g/mol. The molecule has 0 aliphatic carbocycles. The number of nitrogens with two attached hydrogens (primary N) is 1. The van der Waals surface area contributed by atoms with Crippen LogP contribution in [0, 0.1) is 18.3 Å². The zero-order valence-corrected chi connectivity index (χ0v) is 39.2. The third-order valence-electron chi connectivity index (χ3n) is 10.7. The predicted molar refractivity (Wildman–Crippen MR) is 245 cm³/mol. The van der Waals surface area contributed by atoms with Crippen molar-refractivity contribution in [3.05, 3.63) is 65.2 Å². The first kappa shape index (κ1) is 56.3. The number of phenolic OH excluding ortho intramolecular Hbond substituents is 1. The van der Waals surface area contributed by atoms with E-state index in [1.54, 1.807) is 65.8 Å². The number of aryl methyl sites for hydroxylation is 1. The Bertz CT molecular complexity index is 2080. The highest BCUT2D eigenvalue weighted by molar-refractivity contribution is 6.37. The molecule has 0 aromatic heterocycles. The number of aromatic hydroxyl groups is 1. The number of carbonyl (C=O) groups excluding carboxylic acids is 8. The molecule has 0 saturated carbocycles. The average molecular weight is 938 g/mol. The minimum Gasteiger partial charge on any atom is -0.508 e. The van der Waals surface area contributed by atoms with E-state index >= 15 is 0 Å². The maximum Gasteiger partial charge on any atom is 0.303 e. The van der Waals surface area contributed by atoms with Crippen molar-refractivity contribution in [2.75, 3.05) is 0 Å². The molecule has 0 aliphatic rings. The van der Waals surface area contributed by atoms with Crippen LogP contribution >= 0.6 is 0 Å². The highest BCUT2D eigenvalue weighted by Crippen LogP contribution is 2.21. The van der Waals surface area contributed by atoms with Crippen molar-refractivity contribution in [1.29, 1.82) is 0 Å². The van der Waals surface area contributed by atoms with Gasteiger partial charge in [-0.3, -0.25) is 47.9 Å². The molecule has 2 rings (SSSR count). The average Bonchev–Trinajstić information content (AvgIpc) is 3.24. The Hall–Kier alpha value is -6.86. The maximum atomic E-state index is 14.5. The smallest absolute Gasteiger partial charge is 0.303 e. The summed E-state index contributed by atoms with van der Waals surface area (Å²) >= 11 is 0. The Morgan fingerprint density at radius 3 is 1.69 bits per heavy atom. The van der Waals surface area contributed by atoms with Gasteiger partial charge in [0, 0.05) is 25.7 Å². The van der Waals surface area contributed by atoms with Crippen LogP contribution < -0.4 is 37.6 Å². The quantitative estimate of drug-likeness (QED) is 0.0541. The normalized spacial score (nSPS) is 13.9. The van der Waals surface area contributed by atoms with Crippen LogP contribution in [-0.4, -0.2) is 111 Å². The van der Waals surface area contributed by atoms with Crippen molar-refractivity contribution in [3.63, 3.8) is 0 Å². The van der Waals surface area contributed by atoms with Crippen molar-refractivity contribution in [1.82, 2.24) is 31.9 Å². The third kappa shape index (κ3) is 20.0. The molecule has 11 N–H and O–H groups in total. The number of ketones is 1. The lowest BCUT2D eigenvalue weighted by Gasteiger charge is -2.34. The molecule has 368 valence electrons. The Balaban J connectivity index is 2.53. The fourth-order valence-electron chi connectivity index (χ4n) is 6.91. The summed E-state index contributed by atoms with van der Waals surface area (Å²) in [7, 11) is 0. The largest absolute Gasteiger partial charge is 0.508 e. The van der Waals surface area contributed by atoms with E-state index in [4.69, 9.17) is 10.8 Å². The van der Waals surface area contributed by atoms with E-state index in [2.05, 4.69) is 31.9 Å². The first-order valence-electron chi connectivity index (χ1n) is 22.2. The van der Waals surface area contributed by atoms with Crippen molar-refractivity contribution < 1.29 is 63.3 Å². The Kier molecular flexibility index (Phi) is 22.6. The number of Topliss-reactive ketones (excluding diaryl/α,β-unsaturated/α-hetero) is 1. The lowest BCUT2D eigenvalue weighted by Crippen LogP contribution is -2.62. The van der Waals surface area contributed by atoms with Crippen molar-refractivity contribution in [2.45, 2.75) is 149 Å². The van der Waals surface area contributed by atoms with Crippen LogP contribution in [0.4, 0.5) is 0 Å². The molecule has 2 aromatic carbocycles. The van der Waals surface area contributed by atoms with Gasteiger partial charge in [-0.15, -0.1) is 0 Å². The van der Waals surface area contributed by atoms with Crippen LogP contribution in [0.3, 0.4) is 0 Å². The highest BCUT2D eigenvalue weighted by atomic mass is 16.4. The standard InChI is InChI=1S/C47H67N7O13/c1-8-9-14-31(39(61)41(48)62)50-43(64)33(23-26(2)3)53-46(67)40(47(5,6)7)54-45(66)35(25-29-13-11-10-12-27(29)4)52-42(63)32(19-21-37(57)58)51-44(65)34(49-36(56)20-22-38(59)60)24-28-15-17-30(55)18-16-28/h10-13,15-18,26,31-35,40,55H,8-9,14,19-25H2,1-7H3,(H2,48,62)(H,49,56)(H,50,64)(H,51,65)(H,52,63)(H,53,67)(H,54,66)(H,57,58)(H,59,60)/t31?,32-,33-,34-,35-,40+/m0/s1. The molecule has 0 saturated heterocycles. The van der Waals surface area contributed by atoms with Crippen molar-refractivity contribution >= 4 is 59.1 Å². The van der Waals surface area contributed by atoms with E-state index in [0.29, 0.717) is 24.0 Å². The molecule has 0 spiro atoms. The van der Waals surface area contributed by atoms with E-state index in [1.807, 2.05) is 6.92 Å². The minimum absolute atomic E-state index is 0.0783. The molecule has 0 fully saturated rings. The Morgan fingerprint density at radius 2 is 1.13 bits per heavy atom. The fraction of sp³-hybridized carbons (Fsp3) is 0.532. The SMILES string of the molecule is CCCCC(NC(=O)[C@H](CC(C)C)NC(=O)[C@@H](NC(=O)[C@H](Cc1ccccc1C)NC(=O)[C@H](CCC(=O)O)NC(=O)[C@H](Cc1ccc(O)cc1)NC(=O)CCC(=O)O)C(C)(C)C)C(=O)C(N)=O. The van der Waals surface area contributed by atoms with Crippen LogP contribution in [-0.2, 0) is 60.8 Å². The predicted octanol–water partition coefficient (Wildman–Crippen LogP) is 1.46. The molecule has 6 atom stereocenters. The number of nitrogens with one attached hydrogen (secondary N) is 6. The number of rotatable bonds is 28. The van der Waals surface area contributed by atoms with Gasteiger partial charge in [0.15, 0.2) is 0 Å². The summed E-state index contributed by atoms with van der Waals surface area (Å²) in [6.45, 7) is 12.2. The highest BCUT2D eigenvalue weighted by Gasteiger charge is 2.39. The van der Waals surface area contributed by atoms with E-state index in [1.165, 1.54) is 24.3 Å². The molecule has 0 aliphatic heterocycles. The van der Waals surface area contributed by atoms with Gasteiger partial charge in [0.1, 0.15) is 36.0 Å². The zero-order chi connectivity index (χ0) is 50.6. The van der Waals surface area contributed by atoms with Gasteiger partial charge in [-0.05, 0) is 66.3 Å². The zero-order valence-electron chi connectivity index (χ0n) is 39.2. The van der Waals surface area contributed by atoms with Gasteiger partial charge in [0.05, 0.1) is 12.5 Å². The number of benzene rings is 2. The summed E-state index contributed by atoms with van der Waals surface area (Å²) in [6, 6.07) is 4.34. The number of phenols is 1. The number of hydrogen-bond donors (Lipinski definition) is 10. The summed E-state index contributed by atoms with van der Waals surface area (Å²) in [5.41, 5.74) is 6.03. The van der Waals surface area contributed by atoms with Gasteiger partial charge in [-0.25, -0.2) is 0 Å². The molecule has 0 bridgehead atoms. The Labute approximate surface area is 390 Å². The molecule has 0 radical (unpaired) electrons. The number of aliphatic carboxylic acids is 2. The van der Waals surface area contributed by atoms with Crippen LogP contribution in [0.2, 0.25) is 0 Å². The van der Waals surface area contributed by atoms with E-state index in [9.17, 15) is 58.2 Å². The van der Waals surface area contributed by atoms with E-state index in [0.717, 1.165) is 5.56 Å². The van der Waals surface area contributed by atoms with Gasteiger partial charge in [0.2, 0.25) is 41.2 Å². The van der Waals surface area contributed by atoms with Crippen LogP contribution in [0.5, 0.6) is 5.75 Å². The summed E-state index contributed by atoms with van der Waals surface area (Å²) < 4.78 is 0. The number of carbonyl (C=O) groups is 10.